The number of nitrogens with zero attached hydrogens (tertiary/aromatic N) is 1. The summed E-state index contributed by atoms with van der Waals surface area (Å²) < 4.78 is 26.8. The van der Waals surface area contributed by atoms with Gasteiger partial charge in [-0.25, -0.2) is 8.78 Å². The Hall–Kier alpha value is -0.750. The first-order valence-electron chi connectivity index (χ1n) is 5.73. The van der Waals surface area contributed by atoms with Crippen LogP contribution in [0.5, 0.6) is 0 Å². The van der Waals surface area contributed by atoms with Crippen LogP contribution < -0.4 is 5.32 Å². The van der Waals surface area contributed by atoms with E-state index >= 15 is 0 Å². The van der Waals surface area contributed by atoms with Crippen molar-refractivity contribution in [3.05, 3.63) is 35.4 Å². The van der Waals surface area contributed by atoms with Crippen molar-refractivity contribution in [2.24, 2.45) is 0 Å². The third-order valence-electron chi connectivity index (χ3n) is 3.11. The highest BCUT2D eigenvalue weighted by Crippen LogP contribution is 2.24. The van der Waals surface area contributed by atoms with Crippen molar-refractivity contribution in [1.82, 2.24) is 10.2 Å². The molecule has 0 unspecified atom stereocenters. The number of rotatable bonds is 3. The predicted molar refractivity (Wildman–Crippen MR) is 67.9 cm³/mol. The van der Waals surface area contributed by atoms with Crippen LogP contribution in [0, 0.1) is 11.6 Å². The highest BCUT2D eigenvalue weighted by molar-refractivity contribution is 5.85. The summed E-state index contributed by atoms with van der Waals surface area (Å²) in [6, 6.07) is 3.62. The molecular formula is C12H17ClF2N2O. The smallest absolute Gasteiger partial charge is 0.163 e. The topological polar surface area (TPSA) is 35.5 Å². The lowest BCUT2D eigenvalue weighted by molar-refractivity contribution is 0.108. The van der Waals surface area contributed by atoms with E-state index in [1.54, 1.807) is 0 Å². The van der Waals surface area contributed by atoms with Gasteiger partial charge in [0, 0.05) is 31.7 Å². The Balaban J connectivity index is 0.00000162. The molecule has 2 rings (SSSR count). The summed E-state index contributed by atoms with van der Waals surface area (Å²) in [5, 5.41) is 12.6. The van der Waals surface area contributed by atoms with Crippen molar-refractivity contribution in [2.75, 3.05) is 32.8 Å². The maximum atomic E-state index is 13.7. The van der Waals surface area contributed by atoms with Gasteiger partial charge in [0.15, 0.2) is 11.6 Å². The van der Waals surface area contributed by atoms with E-state index < -0.39 is 17.7 Å². The van der Waals surface area contributed by atoms with Gasteiger partial charge in [-0.1, -0.05) is 12.1 Å². The number of piperazine rings is 1. The number of hydrogen-bond donors (Lipinski definition) is 2. The van der Waals surface area contributed by atoms with Gasteiger partial charge in [0.1, 0.15) is 0 Å². The van der Waals surface area contributed by atoms with E-state index in [2.05, 4.69) is 5.32 Å². The van der Waals surface area contributed by atoms with Crippen LogP contribution in [-0.4, -0.2) is 42.8 Å². The van der Waals surface area contributed by atoms with Gasteiger partial charge in [-0.3, -0.25) is 4.90 Å². The van der Waals surface area contributed by atoms with Crippen molar-refractivity contribution in [3.63, 3.8) is 0 Å². The van der Waals surface area contributed by atoms with Crippen molar-refractivity contribution in [1.29, 1.82) is 0 Å². The average molecular weight is 279 g/mol. The molecule has 1 aromatic rings. The maximum absolute atomic E-state index is 13.7. The summed E-state index contributed by atoms with van der Waals surface area (Å²) in [5.41, 5.74) is 0.231. The minimum Gasteiger partial charge on any atom is -0.394 e. The molecule has 2 N–H and O–H groups in total. The lowest BCUT2D eigenvalue weighted by Gasteiger charge is -2.34. The molecule has 0 bridgehead atoms. The second kappa shape index (κ2) is 6.99. The van der Waals surface area contributed by atoms with Crippen LogP contribution in [-0.2, 0) is 0 Å². The Morgan fingerprint density at radius 3 is 2.56 bits per heavy atom. The van der Waals surface area contributed by atoms with Crippen LogP contribution in [0.15, 0.2) is 18.2 Å². The Morgan fingerprint density at radius 1 is 1.28 bits per heavy atom. The van der Waals surface area contributed by atoms with Gasteiger partial charge in [0.2, 0.25) is 0 Å². The second-order valence-corrected chi connectivity index (χ2v) is 4.13. The van der Waals surface area contributed by atoms with E-state index in [0.29, 0.717) is 0 Å². The summed E-state index contributed by atoms with van der Waals surface area (Å²) in [4.78, 5) is 1.97. The van der Waals surface area contributed by atoms with Crippen molar-refractivity contribution >= 4 is 12.4 Å². The van der Waals surface area contributed by atoms with E-state index in [1.165, 1.54) is 12.1 Å². The molecule has 3 nitrogen and oxygen atoms in total. The van der Waals surface area contributed by atoms with Crippen molar-refractivity contribution < 1.29 is 13.9 Å². The molecule has 1 heterocycles. The fourth-order valence-corrected chi connectivity index (χ4v) is 2.18. The number of benzene rings is 1. The third kappa shape index (κ3) is 3.17. The van der Waals surface area contributed by atoms with E-state index in [1.807, 2.05) is 4.90 Å². The molecule has 0 amide bonds. The molecule has 0 spiro atoms. The minimum atomic E-state index is -0.865. The Morgan fingerprint density at radius 2 is 1.94 bits per heavy atom. The zero-order chi connectivity index (χ0) is 12.3. The molecule has 1 aromatic carbocycles. The van der Waals surface area contributed by atoms with Gasteiger partial charge in [0.05, 0.1) is 12.6 Å². The van der Waals surface area contributed by atoms with Crippen LogP contribution in [0.4, 0.5) is 8.78 Å². The number of halogens is 3. The first-order chi connectivity index (χ1) is 8.24. The normalized spacial score (nSPS) is 18.2. The second-order valence-electron chi connectivity index (χ2n) is 4.13. The molecule has 102 valence electrons. The molecule has 18 heavy (non-hydrogen) atoms. The van der Waals surface area contributed by atoms with Crippen LogP contribution >= 0.6 is 12.4 Å². The first kappa shape index (κ1) is 15.3. The van der Waals surface area contributed by atoms with E-state index in [-0.39, 0.29) is 24.6 Å². The van der Waals surface area contributed by atoms with E-state index in [0.717, 1.165) is 32.2 Å². The number of aliphatic hydroxyl groups excluding tert-OH is 1. The molecule has 0 aromatic heterocycles. The molecule has 1 atom stereocenters. The minimum absolute atomic E-state index is 0. The van der Waals surface area contributed by atoms with Gasteiger partial charge < -0.3 is 10.4 Å². The SMILES string of the molecule is Cl.OC[C@@H](c1cccc(F)c1F)N1CCNCC1. The number of aliphatic hydroxyl groups is 1. The fourth-order valence-electron chi connectivity index (χ4n) is 2.18. The monoisotopic (exact) mass is 278 g/mol. The molecule has 0 aliphatic carbocycles. The summed E-state index contributed by atoms with van der Waals surface area (Å²) in [7, 11) is 0. The van der Waals surface area contributed by atoms with Crippen LogP contribution in [0.2, 0.25) is 0 Å². The van der Waals surface area contributed by atoms with Gasteiger partial charge in [0.25, 0.3) is 0 Å². The third-order valence-corrected chi connectivity index (χ3v) is 3.11. The largest absolute Gasteiger partial charge is 0.394 e. The Kier molecular flexibility index (Phi) is 5.95. The molecule has 1 fully saturated rings. The zero-order valence-corrected chi connectivity index (χ0v) is 10.7. The van der Waals surface area contributed by atoms with Crippen LogP contribution in [0.3, 0.4) is 0 Å². The predicted octanol–water partition coefficient (Wildman–Crippen LogP) is 1.33. The summed E-state index contributed by atoms with van der Waals surface area (Å²) in [6.07, 6.45) is 0. The fraction of sp³-hybridized carbons (Fsp3) is 0.500. The highest BCUT2D eigenvalue weighted by Gasteiger charge is 2.24. The lowest BCUT2D eigenvalue weighted by Crippen LogP contribution is -2.46. The zero-order valence-electron chi connectivity index (χ0n) is 9.90. The summed E-state index contributed by atoms with van der Waals surface area (Å²) >= 11 is 0. The molecule has 6 heteroatoms. The van der Waals surface area contributed by atoms with Crippen LogP contribution in [0.1, 0.15) is 11.6 Å². The van der Waals surface area contributed by atoms with E-state index in [4.69, 9.17) is 0 Å². The molecule has 1 aliphatic heterocycles. The quantitative estimate of drug-likeness (QED) is 0.876. The molecule has 1 aliphatic rings. The van der Waals surface area contributed by atoms with Gasteiger partial charge in [-0.15, -0.1) is 12.4 Å². The first-order valence-corrected chi connectivity index (χ1v) is 5.73. The molecular weight excluding hydrogens is 262 g/mol. The number of nitrogens with one attached hydrogen (secondary N) is 1. The lowest BCUT2D eigenvalue weighted by atomic mass is 10.0. The van der Waals surface area contributed by atoms with Crippen molar-refractivity contribution in [3.8, 4) is 0 Å². The van der Waals surface area contributed by atoms with E-state index in [9.17, 15) is 13.9 Å². The number of hydrogen-bond acceptors (Lipinski definition) is 3. The summed E-state index contributed by atoms with van der Waals surface area (Å²) in [5.74, 6) is -1.72. The van der Waals surface area contributed by atoms with Crippen molar-refractivity contribution in [2.45, 2.75) is 6.04 Å². The average Bonchev–Trinajstić information content (AvgIpc) is 2.37. The summed E-state index contributed by atoms with van der Waals surface area (Å²) in [6.45, 7) is 2.84. The van der Waals surface area contributed by atoms with Gasteiger partial charge in [-0.2, -0.15) is 0 Å². The van der Waals surface area contributed by atoms with Gasteiger partial charge in [-0.05, 0) is 6.07 Å². The molecule has 0 radical (unpaired) electrons. The Labute approximate surface area is 111 Å². The molecule has 0 saturated carbocycles. The Bertz CT molecular complexity index is 386. The molecule has 1 saturated heterocycles. The highest BCUT2D eigenvalue weighted by atomic mass is 35.5. The van der Waals surface area contributed by atoms with Crippen LogP contribution in [0.25, 0.3) is 0 Å². The van der Waals surface area contributed by atoms with Gasteiger partial charge >= 0.3 is 0 Å². The maximum Gasteiger partial charge on any atom is 0.163 e. The standard InChI is InChI=1S/C12H16F2N2O.ClH/c13-10-3-1-2-9(12(10)14)11(8-17)16-6-4-15-5-7-16;/h1-3,11,15,17H,4-8H2;1H/t11-;/m0./s1.